The number of amides is 1. The van der Waals surface area contributed by atoms with Crippen LogP contribution >= 0.6 is 0 Å². The van der Waals surface area contributed by atoms with Crippen LogP contribution in [-0.2, 0) is 9.53 Å². The molecule has 21 heavy (non-hydrogen) atoms. The first-order valence-electron chi connectivity index (χ1n) is 8.44. The predicted molar refractivity (Wildman–Crippen MR) is 82.1 cm³/mol. The summed E-state index contributed by atoms with van der Waals surface area (Å²) in [5.41, 5.74) is 0. The summed E-state index contributed by atoms with van der Waals surface area (Å²) in [7, 11) is 0. The molecule has 0 bridgehead atoms. The van der Waals surface area contributed by atoms with Crippen LogP contribution in [0.25, 0.3) is 0 Å². The fraction of sp³-hybridized carbons (Fsp3) is 0.938. The molecular formula is C16H30N2O3. The molecular weight excluding hydrogens is 268 g/mol. The molecule has 0 aromatic carbocycles. The van der Waals surface area contributed by atoms with Crippen molar-refractivity contribution >= 4 is 5.91 Å². The van der Waals surface area contributed by atoms with E-state index in [1.165, 1.54) is 38.5 Å². The molecule has 1 saturated carbocycles. The van der Waals surface area contributed by atoms with Crippen molar-refractivity contribution < 1.29 is 14.6 Å². The molecule has 5 nitrogen and oxygen atoms in total. The highest BCUT2D eigenvalue weighted by Crippen LogP contribution is 2.28. The van der Waals surface area contributed by atoms with Crippen LogP contribution in [0.15, 0.2) is 0 Å². The van der Waals surface area contributed by atoms with Gasteiger partial charge in [-0.1, -0.05) is 12.8 Å². The van der Waals surface area contributed by atoms with E-state index in [4.69, 9.17) is 4.74 Å². The highest BCUT2D eigenvalue weighted by atomic mass is 16.5. The smallest absolute Gasteiger partial charge is 0.237 e. The van der Waals surface area contributed by atoms with Crippen molar-refractivity contribution in [3.63, 3.8) is 0 Å². The van der Waals surface area contributed by atoms with Crippen LogP contribution in [0.2, 0.25) is 0 Å². The summed E-state index contributed by atoms with van der Waals surface area (Å²) in [5, 5.41) is 12.7. The number of aliphatic hydroxyl groups is 1. The zero-order valence-corrected chi connectivity index (χ0v) is 13.2. The lowest BCUT2D eigenvalue weighted by Crippen LogP contribution is -2.47. The van der Waals surface area contributed by atoms with Crippen molar-refractivity contribution in [2.75, 3.05) is 32.8 Å². The summed E-state index contributed by atoms with van der Waals surface area (Å²) in [6.07, 6.45) is 6.78. The summed E-state index contributed by atoms with van der Waals surface area (Å²) in [5.74, 6) is 0.716. The molecule has 122 valence electrons. The van der Waals surface area contributed by atoms with Gasteiger partial charge in [0.05, 0.1) is 18.8 Å². The van der Waals surface area contributed by atoms with Crippen molar-refractivity contribution in [2.45, 2.75) is 57.6 Å². The average Bonchev–Trinajstić information content (AvgIpc) is 3.30. The second-order valence-electron chi connectivity index (χ2n) is 6.51. The third-order valence-electron chi connectivity index (χ3n) is 4.44. The topological polar surface area (TPSA) is 61.8 Å². The minimum absolute atomic E-state index is 0.0122. The maximum atomic E-state index is 12.1. The van der Waals surface area contributed by atoms with Crippen molar-refractivity contribution in [1.29, 1.82) is 0 Å². The Balaban J connectivity index is 1.60. The van der Waals surface area contributed by atoms with Gasteiger partial charge >= 0.3 is 0 Å². The predicted octanol–water partition coefficient (Wildman–Crippen LogP) is 1.15. The van der Waals surface area contributed by atoms with Gasteiger partial charge in [-0.3, -0.25) is 9.69 Å². The molecule has 2 N–H and O–H groups in total. The number of hydrogen-bond donors (Lipinski definition) is 2. The van der Waals surface area contributed by atoms with E-state index in [1.54, 1.807) is 0 Å². The second-order valence-corrected chi connectivity index (χ2v) is 6.51. The Morgan fingerprint density at radius 2 is 1.95 bits per heavy atom. The van der Waals surface area contributed by atoms with Gasteiger partial charge in [0.2, 0.25) is 5.91 Å². The second kappa shape index (κ2) is 8.71. The number of rotatable bonds is 8. The monoisotopic (exact) mass is 298 g/mol. The average molecular weight is 298 g/mol. The van der Waals surface area contributed by atoms with Crippen LogP contribution in [0.5, 0.6) is 0 Å². The molecule has 1 heterocycles. The molecule has 0 spiro atoms. The van der Waals surface area contributed by atoms with E-state index in [0.29, 0.717) is 12.5 Å². The lowest BCUT2D eigenvalue weighted by molar-refractivity contribution is -0.126. The van der Waals surface area contributed by atoms with Gasteiger partial charge in [0.15, 0.2) is 0 Å². The number of aliphatic hydroxyl groups excluding tert-OH is 1. The first-order chi connectivity index (χ1) is 10.2. The first-order valence-corrected chi connectivity index (χ1v) is 8.44. The maximum absolute atomic E-state index is 12.1. The van der Waals surface area contributed by atoms with Crippen molar-refractivity contribution in [1.82, 2.24) is 10.2 Å². The van der Waals surface area contributed by atoms with E-state index < -0.39 is 6.10 Å². The molecule has 2 rings (SSSR count). The Labute approximate surface area is 128 Å². The molecule has 1 saturated heterocycles. The highest BCUT2D eigenvalue weighted by Gasteiger charge is 2.23. The zero-order valence-electron chi connectivity index (χ0n) is 13.2. The number of nitrogens with zero attached hydrogens (tertiary/aromatic N) is 1. The van der Waals surface area contributed by atoms with Crippen LogP contribution < -0.4 is 5.32 Å². The largest absolute Gasteiger partial charge is 0.389 e. The van der Waals surface area contributed by atoms with Gasteiger partial charge in [-0.05, 0) is 51.6 Å². The Morgan fingerprint density at radius 3 is 2.57 bits per heavy atom. The van der Waals surface area contributed by atoms with Gasteiger partial charge in [-0.2, -0.15) is 0 Å². The molecule has 2 fully saturated rings. The summed E-state index contributed by atoms with van der Waals surface area (Å²) < 4.78 is 5.43. The van der Waals surface area contributed by atoms with E-state index in [0.717, 1.165) is 19.7 Å². The standard InChI is InChI=1S/C16H30N2O3/c1-13(18-8-4-2-3-5-9-18)16(20)17-10-15(19)12-21-11-14-6-7-14/h13-15,19H,2-12H2,1H3,(H,17,20)/t13-,15+/m1/s1. The van der Waals surface area contributed by atoms with Crippen LogP contribution in [0.1, 0.15) is 45.4 Å². The summed E-state index contributed by atoms with van der Waals surface area (Å²) in [4.78, 5) is 14.4. The van der Waals surface area contributed by atoms with Gasteiger partial charge < -0.3 is 15.2 Å². The molecule has 1 aliphatic carbocycles. The summed E-state index contributed by atoms with van der Waals surface area (Å²) in [6, 6.07) is -0.109. The normalized spacial score (nSPS) is 23.3. The molecule has 0 unspecified atom stereocenters. The van der Waals surface area contributed by atoms with E-state index in [-0.39, 0.29) is 18.5 Å². The van der Waals surface area contributed by atoms with Crippen LogP contribution in [0.4, 0.5) is 0 Å². The quantitative estimate of drug-likeness (QED) is 0.706. The van der Waals surface area contributed by atoms with Crippen LogP contribution in [0.3, 0.4) is 0 Å². The van der Waals surface area contributed by atoms with Crippen LogP contribution in [-0.4, -0.2) is 60.9 Å². The first kappa shape index (κ1) is 16.7. The lowest BCUT2D eigenvalue weighted by Gasteiger charge is -2.27. The zero-order chi connectivity index (χ0) is 15.1. The Bertz CT molecular complexity index is 313. The third kappa shape index (κ3) is 6.32. The number of ether oxygens (including phenoxy) is 1. The Hall–Kier alpha value is -0.650. The van der Waals surface area contributed by atoms with Gasteiger partial charge in [0.1, 0.15) is 0 Å². The van der Waals surface area contributed by atoms with Crippen LogP contribution in [0, 0.1) is 5.92 Å². The molecule has 0 aromatic heterocycles. The van der Waals surface area contributed by atoms with E-state index in [9.17, 15) is 9.90 Å². The number of hydrogen-bond acceptors (Lipinski definition) is 4. The highest BCUT2D eigenvalue weighted by molar-refractivity contribution is 5.81. The molecule has 0 aromatic rings. The molecule has 1 amide bonds. The molecule has 2 atom stereocenters. The van der Waals surface area contributed by atoms with Gasteiger partial charge in [0, 0.05) is 13.2 Å². The summed E-state index contributed by atoms with van der Waals surface area (Å²) in [6.45, 7) is 5.30. The summed E-state index contributed by atoms with van der Waals surface area (Å²) >= 11 is 0. The molecule has 1 aliphatic heterocycles. The van der Waals surface area contributed by atoms with Gasteiger partial charge in [0.25, 0.3) is 0 Å². The minimum Gasteiger partial charge on any atom is -0.389 e. The van der Waals surface area contributed by atoms with E-state index in [2.05, 4.69) is 10.2 Å². The lowest BCUT2D eigenvalue weighted by atomic mass is 10.2. The van der Waals surface area contributed by atoms with E-state index >= 15 is 0 Å². The maximum Gasteiger partial charge on any atom is 0.237 e. The van der Waals surface area contributed by atoms with Crippen molar-refractivity contribution in [3.05, 3.63) is 0 Å². The fourth-order valence-electron chi connectivity index (χ4n) is 2.73. The molecule has 0 radical (unpaired) electrons. The molecule has 5 heteroatoms. The molecule has 2 aliphatic rings. The van der Waals surface area contributed by atoms with Crippen molar-refractivity contribution in [2.24, 2.45) is 5.92 Å². The number of carbonyl (C=O) groups is 1. The Morgan fingerprint density at radius 1 is 1.29 bits per heavy atom. The van der Waals surface area contributed by atoms with Crippen molar-refractivity contribution in [3.8, 4) is 0 Å². The van der Waals surface area contributed by atoms with Gasteiger partial charge in [-0.15, -0.1) is 0 Å². The number of carbonyl (C=O) groups excluding carboxylic acids is 1. The fourth-order valence-corrected chi connectivity index (χ4v) is 2.73. The van der Waals surface area contributed by atoms with Gasteiger partial charge in [-0.25, -0.2) is 0 Å². The number of likely N-dealkylation sites (tertiary alicyclic amines) is 1. The number of nitrogens with one attached hydrogen (secondary N) is 1. The van der Waals surface area contributed by atoms with E-state index in [1.807, 2.05) is 6.92 Å². The minimum atomic E-state index is -0.607. The SMILES string of the molecule is C[C@H](C(=O)NC[C@H](O)COCC1CC1)N1CCCCCC1. The Kier molecular flexibility index (Phi) is 6.93. The third-order valence-corrected chi connectivity index (χ3v) is 4.44.